The predicted octanol–water partition coefficient (Wildman–Crippen LogP) is 2.50. The lowest BCUT2D eigenvalue weighted by Crippen LogP contribution is -2.31. The van der Waals surface area contributed by atoms with E-state index in [0.717, 1.165) is 11.8 Å². The molecular weight excluding hydrogens is 253 g/mol. The Morgan fingerprint density at radius 3 is 2.67 bits per heavy atom. The topological polar surface area (TPSA) is 49.3 Å². The Kier molecular flexibility index (Phi) is 5.62. The fourth-order valence-electron chi connectivity index (χ4n) is 1.51. The highest BCUT2D eigenvalue weighted by Crippen LogP contribution is 2.29. The van der Waals surface area contributed by atoms with Gasteiger partial charge in [-0.25, -0.2) is 4.39 Å². The molecule has 0 aliphatic heterocycles. The van der Waals surface area contributed by atoms with Crippen LogP contribution in [-0.4, -0.2) is 22.8 Å². The van der Waals surface area contributed by atoms with Gasteiger partial charge in [-0.15, -0.1) is 11.8 Å². The summed E-state index contributed by atoms with van der Waals surface area (Å²) in [5.41, 5.74) is 0.511. The van der Waals surface area contributed by atoms with Crippen molar-refractivity contribution in [3.05, 3.63) is 29.6 Å². The van der Waals surface area contributed by atoms with Gasteiger partial charge in [-0.3, -0.25) is 4.79 Å². The minimum Gasteiger partial charge on any atom is -0.389 e. The second-order valence-corrected chi connectivity index (χ2v) is 5.33. The summed E-state index contributed by atoms with van der Waals surface area (Å²) in [6, 6.07) is 4.61. The van der Waals surface area contributed by atoms with E-state index < -0.39 is 11.9 Å². The molecule has 1 aromatic rings. The minimum absolute atomic E-state index is 0.0648. The Morgan fingerprint density at radius 1 is 1.44 bits per heavy atom. The molecule has 0 bridgehead atoms. The first-order valence-electron chi connectivity index (χ1n) is 5.80. The summed E-state index contributed by atoms with van der Waals surface area (Å²) in [5.74, 6) is -0.413. The van der Waals surface area contributed by atoms with Gasteiger partial charge in [0.05, 0.1) is 11.9 Å². The number of carbonyl (C=O) groups is 1. The smallest absolute Gasteiger partial charge is 0.230 e. The standard InChI is InChI=1S/C13H18FNO2S/c1-8(2)15-12(17)7-18-13-10(9(3)16)5-4-6-11(13)14/h4-6,8-9,16H,7H2,1-3H3,(H,15,17)/t9-/m1/s1. The number of aliphatic hydroxyl groups excluding tert-OH is 1. The lowest BCUT2D eigenvalue weighted by molar-refractivity contribution is -0.119. The number of hydrogen-bond acceptors (Lipinski definition) is 3. The second-order valence-electron chi connectivity index (χ2n) is 4.35. The van der Waals surface area contributed by atoms with Crippen LogP contribution in [-0.2, 0) is 4.79 Å². The Labute approximate surface area is 111 Å². The highest BCUT2D eigenvalue weighted by Gasteiger charge is 2.14. The van der Waals surface area contributed by atoms with Crippen molar-refractivity contribution >= 4 is 17.7 Å². The van der Waals surface area contributed by atoms with Crippen LogP contribution in [0.4, 0.5) is 4.39 Å². The van der Waals surface area contributed by atoms with Crippen LogP contribution >= 0.6 is 11.8 Å². The van der Waals surface area contributed by atoms with Crippen molar-refractivity contribution in [3.63, 3.8) is 0 Å². The largest absolute Gasteiger partial charge is 0.389 e. The summed E-state index contributed by atoms with van der Waals surface area (Å²) in [5, 5.41) is 12.3. The van der Waals surface area contributed by atoms with E-state index in [9.17, 15) is 14.3 Å². The molecule has 0 fully saturated rings. The maximum absolute atomic E-state index is 13.7. The van der Waals surface area contributed by atoms with Crippen molar-refractivity contribution in [3.8, 4) is 0 Å². The van der Waals surface area contributed by atoms with E-state index >= 15 is 0 Å². The fraction of sp³-hybridized carbons (Fsp3) is 0.462. The average Bonchev–Trinajstić information content (AvgIpc) is 2.25. The summed E-state index contributed by atoms with van der Waals surface area (Å²) in [4.78, 5) is 11.8. The number of halogens is 1. The first-order valence-corrected chi connectivity index (χ1v) is 6.79. The van der Waals surface area contributed by atoms with Crippen LogP contribution in [0.15, 0.2) is 23.1 Å². The number of amides is 1. The van der Waals surface area contributed by atoms with Gasteiger partial charge in [0.1, 0.15) is 5.82 Å². The maximum atomic E-state index is 13.7. The molecule has 0 spiro atoms. The van der Waals surface area contributed by atoms with Gasteiger partial charge in [0.2, 0.25) is 5.91 Å². The average molecular weight is 271 g/mol. The van der Waals surface area contributed by atoms with Crippen molar-refractivity contribution < 1.29 is 14.3 Å². The van der Waals surface area contributed by atoms with Gasteiger partial charge in [0.25, 0.3) is 0 Å². The molecule has 3 nitrogen and oxygen atoms in total. The summed E-state index contributed by atoms with van der Waals surface area (Å²) >= 11 is 1.11. The summed E-state index contributed by atoms with van der Waals surface area (Å²) in [7, 11) is 0. The number of carbonyl (C=O) groups excluding carboxylic acids is 1. The maximum Gasteiger partial charge on any atom is 0.230 e. The lowest BCUT2D eigenvalue weighted by Gasteiger charge is -2.13. The third-order valence-electron chi connectivity index (χ3n) is 2.24. The van der Waals surface area contributed by atoms with Crippen molar-refractivity contribution in [1.29, 1.82) is 0 Å². The Bertz CT molecular complexity index is 421. The van der Waals surface area contributed by atoms with E-state index in [1.807, 2.05) is 13.8 Å². The van der Waals surface area contributed by atoms with Gasteiger partial charge < -0.3 is 10.4 Å². The van der Waals surface area contributed by atoms with Crippen LogP contribution in [0.3, 0.4) is 0 Å². The van der Waals surface area contributed by atoms with E-state index in [2.05, 4.69) is 5.32 Å². The SMILES string of the molecule is CC(C)NC(=O)CSc1c(F)cccc1[C@@H](C)O. The van der Waals surface area contributed by atoms with Crippen molar-refractivity contribution in [2.45, 2.75) is 37.8 Å². The molecule has 0 aliphatic carbocycles. The molecule has 2 N–H and O–H groups in total. The molecule has 1 amide bonds. The van der Waals surface area contributed by atoms with Crippen LogP contribution in [0.1, 0.15) is 32.4 Å². The van der Waals surface area contributed by atoms with Crippen LogP contribution in [0.25, 0.3) is 0 Å². The molecule has 0 heterocycles. The molecule has 100 valence electrons. The van der Waals surface area contributed by atoms with Crippen molar-refractivity contribution in [2.75, 3.05) is 5.75 Å². The quantitative estimate of drug-likeness (QED) is 0.809. The van der Waals surface area contributed by atoms with E-state index in [1.165, 1.54) is 6.07 Å². The monoisotopic (exact) mass is 271 g/mol. The Morgan fingerprint density at radius 2 is 2.11 bits per heavy atom. The Hall–Kier alpha value is -1.07. The number of thioether (sulfide) groups is 1. The number of hydrogen-bond donors (Lipinski definition) is 2. The number of rotatable bonds is 5. The van der Waals surface area contributed by atoms with Gasteiger partial charge in [-0.05, 0) is 32.4 Å². The van der Waals surface area contributed by atoms with Gasteiger partial charge in [-0.2, -0.15) is 0 Å². The first-order chi connectivity index (χ1) is 8.41. The van der Waals surface area contributed by atoms with Gasteiger partial charge in [-0.1, -0.05) is 12.1 Å². The minimum atomic E-state index is -0.753. The van der Waals surface area contributed by atoms with E-state index in [0.29, 0.717) is 10.5 Å². The number of aliphatic hydroxyl groups is 1. The summed E-state index contributed by atoms with van der Waals surface area (Å²) in [6.07, 6.45) is -0.753. The molecule has 0 unspecified atom stereocenters. The molecule has 0 saturated carbocycles. The highest BCUT2D eigenvalue weighted by atomic mass is 32.2. The molecule has 1 rings (SSSR count). The summed E-state index contributed by atoms with van der Waals surface area (Å²) in [6.45, 7) is 5.31. The van der Waals surface area contributed by atoms with E-state index in [1.54, 1.807) is 19.1 Å². The molecule has 0 radical (unpaired) electrons. The highest BCUT2D eigenvalue weighted by molar-refractivity contribution is 8.00. The van der Waals surface area contributed by atoms with E-state index in [4.69, 9.17) is 0 Å². The molecule has 0 saturated heterocycles. The number of nitrogens with one attached hydrogen (secondary N) is 1. The molecule has 1 aromatic carbocycles. The van der Waals surface area contributed by atoms with Gasteiger partial charge in [0, 0.05) is 10.9 Å². The van der Waals surface area contributed by atoms with Crippen LogP contribution in [0.2, 0.25) is 0 Å². The van der Waals surface area contributed by atoms with Gasteiger partial charge >= 0.3 is 0 Å². The molecular formula is C13H18FNO2S. The van der Waals surface area contributed by atoms with Gasteiger partial charge in [0.15, 0.2) is 0 Å². The first kappa shape index (κ1) is 15.0. The van der Waals surface area contributed by atoms with Crippen LogP contribution in [0.5, 0.6) is 0 Å². The zero-order chi connectivity index (χ0) is 13.7. The second kappa shape index (κ2) is 6.75. The molecule has 0 aromatic heterocycles. The number of benzene rings is 1. The third kappa shape index (κ3) is 4.31. The summed E-state index contributed by atoms with van der Waals surface area (Å²) < 4.78 is 13.7. The van der Waals surface area contributed by atoms with E-state index in [-0.39, 0.29) is 17.7 Å². The zero-order valence-electron chi connectivity index (χ0n) is 10.7. The fourth-order valence-corrected chi connectivity index (χ4v) is 2.48. The van der Waals surface area contributed by atoms with Crippen molar-refractivity contribution in [2.24, 2.45) is 0 Å². The van der Waals surface area contributed by atoms with Crippen molar-refractivity contribution in [1.82, 2.24) is 5.32 Å². The zero-order valence-corrected chi connectivity index (χ0v) is 11.6. The molecule has 1 atom stereocenters. The predicted molar refractivity (Wildman–Crippen MR) is 71.0 cm³/mol. The molecule has 0 aliphatic rings. The third-order valence-corrected chi connectivity index (χ3v) is 3.37. The van der Waals surface area contributed by atoms with Crippen LogP contribution in [0, 0.1) is 5.82 Å². The molecule has 5 heteroatoms. The lowest BCUT2D eigenvalue weighted by atomic mass is 10.1. The Balaban J connectivity index is 2.75. The normalized spacial score (nSPS) is 12.6. The van der Waals surface area contributed by atoms with Crippen LogP contribution < -0.4 is 5.32 Å². The molecule has 18 heavy (non-hydrogen) atoms.